The van der Waals surface area contributed by atoms with Crippen molar-refractivity contribution in [3.05, 3.63) is 66.1 Å². The van der Waals surface area contributed by atoms with Crippen molar-refractivity contribution in [2.45, 2.75) is 6.92 Å². The number of aryl methyl sites for hydroxylation is 1. The van der Waals surface area contributed by atoms with E-state index in [4.69, 9.17) is 17.0 Å². The van der Waals surface area contributed by atoms with Crippen LogP contribution in [-0.4, -0.2) is 36.2 Å². The van der Waals surface area contributed by atoms with Gasteiger partial charge in [-0.15, -0.1) is 24.5 Å². The molecule has 1 aromatic heterocycles. The summed E-state index contributed by atoms with van der Waals surface area (Å²) >= 11 is 7.00. The Kier molecular flexibility index (Phi) is 7.12. The summed E-state index contributed by atoms with van der Waals surface area (Å²) in [5, 5.41) is 4.39. The molecule has 1 heterocycles. The second kappa shape index (κ2) is 9.31. The normalized spacial score (nSPS) is 10.1. The predicted molar refractivity (Wildman–Crippen MR) is 114 cm³/mol. The van der Waals surface area contributed by atoms with Crippen LogP contribution in [0.1, 0.15) is 15.2 Å². The van der Waals surface area contributed by atoms with Crippen molar-refractivity contribution < 1.29 is 9.53 Å². The van der Waals surface area contributed by atoms with E-state index in [0.717, 1.165) is 16.0 Å². The molecule has 0 aliphatic heterocycles. The van der Waals surface area contributed by atoms with Crippen molar-refractivity contribution >= 4 is 39.6 Å². The number of esters is 1. The third-order valence-electron chi connectivity index (χ3n) is 3.74. The van der Waals surface area contributed by atoms with E-state index in [1.807, 2.05) is 42.2 Å². The Hall–Kier alpha value is -2.44. The molecule has 0 atom stereocenters. The maximum Gasteiger partial charge on any atom is 0.341 e. The predicted octanol–water partition coefficient (Wildman–Crippen LogP) is 4.88. The number of ether oxygens (including phenoxy) is 1. The summed E-state index contributed by atoms with van der Waals surface area (Å²) in [5.41, 5.74) is 2.34. The van der Waals surface area contributed by atoms with Gasteiger partial charge in [-0.3, -0.25) is 0 Å². The molecule has 0 bridgehead atoms. The first kappa shape index (κ1) is 19.9. The number of nitrogens with one attached hydrogen (secondary N) is 1. The lowest BCUT2D eigenvalue weighted by Gasteiger charge is -2.22. The quantitative estimate of drug-likeness (QED) is 0.417. The molecule has 2 aromatic rings. The fraction of sp³-hybridized carbons (Fsp3) is 0.200. The molecule has 0 amide bonds. The molecule has 0 aliphatic carbocycles. The highest BCUT2D eigenvalue weighted by Crippen LogP contribution is 2.40. The molecule has 0 unspecified atom stereocenters. The number of benzene rings is 1. The fourth-order valence-corrected chi connectivity index (χ4v) is 3.99. The van der Waals surface area contributed by atoms with Gasteiger partial charge in [0, 0.05) is 23.5 Å². The van der Waals surface area contributed by atoms with Gasteiger partial charge in [-0.2, -0.15) is 0 Å². The Morgan fingerprint density at radius 3 is 2.42 bits per heavy atom. The molecule has 0 fully saturated rings. The Labute approximate surface area is 163 Å². The largest absolute Gasteiger partial charge is 0.465 e. The summed E-state index contributed by atoms with van der Waals surface area (Å²) in [7, 11) is 1.38. The Morgan fingerprint density at radius 1 is 1.27 bits per heavy atom. The third kappa shape index (κ3) is 4.39. The summed E-state index contributed by atoms with van der Waals surface area (Å²) in [5.74, 6) is -0.391. The van der Waals surface area contributed by atoms with Crippen LogP contribution in [0.5, 0.6) is 0 Å². The molecule has 0 spiro atoms. The van der Waals surface area contributed by atoms with E-state index in [1.165, 1.54) is 18.4 Å². The number of carbonyl (C=O) groups is 1. The van der Waals surface area contributed by atoms with Crippen molar-refractivity contribution in [3.63, 3.8) is 0 Å². The van der Waals surface area contributed by atoms with Crippen LogP contribution >= 0.6 is 23.6 Å². The number of methoxy groups -OCH3 is 1. The minimum atomic E-state index is -0.391. The van der Waals surface area contributed by atoms with E-state index in [9.17, 15) is 4.79 Å². The van der Waals surface area contributed by atoms with Gasteiger partial charge in [0.1, 0.15) is 10.6 Å². The van der Waals surface area contributed by atoms with Gasteiger partial charge in [-0.05, 0) is 24.7 Å². The number of carbonyl (C=O) groups excluding carboxylic acids is 1. The molecule has 136 valence electrons. The van der Waals surface area contributed by atoms with Gasteiger partial charge < -0.3 is 15.0 Å². The SMILES string of the molecule is C=CCN(CC=C)C(=S)Nc1sc(C)c(-c2ccccc2)c1C(=O)OC. The summed E-state index contributed by atoms with van der Waals surface area (Å²) in [6.07, 6.45) is 3.54. The van der Waals surface area contributed by atoms with E-state index in [0.29, 0.717) is 28.8 Å². The van der Waals surface area contributed by atoms with Gasteiger partial charge in [0.15, 0.2) is 5.11 Å². The number of nitrogens with zero attached hydrogens (tertiary/aromatic N) is 1. The van der Waals surface area contributed by atoms with Gasteiger partial charge in [0.2, 0.25) is 0 Å². The van der Waals surface area contributed by atoms with Crippen molar-refractivity contribution in [1.29, 1.82) is 0 Å². The van der Waals surface area contributed by atoms with Crippen LogP contribution in [0, 0.1) is 6.92 Å². The average Bonchev–Trinajstić information content (AvgIpc) is 2.97. The zero-order valence-corrected chi connectivity index (χ0v) is 16.6. The Morgan fingerprint density at radius 2 is 1.88 bits per heavy atom. The summed E-state index contributed by atoms with van der Waals surface area (Å²) < 4.78 is 5.03. The van der Waals surface area contributed by atoms with Gasteiger partial charge >= 0.3 is 5.97 Å². The molecular weight excluding hydrogens is 364 g/mol. The molecule has 2 rings (SSSR count). The van der Waals surface area contributed by atoms with E-state index >= 15 is 0 Å². The molecule has 6 heteroatoms. The second-order valence-corrected chi connectivity index (χ2v) is 7.12. The molecule has 0 saturated heterocycles. The molecule has 1 N–H and O–H groups in total. The van der Waals surface area contributed by atoms with E-state index < -0.39 is 5.97 Å². The average molecular weight is 387 g/mol. The van der Waals surface area contributed by atoms with Crippen molar-refractivity contribution in [2.24, 2.45) is 0 Å². The number of thiophene rings is 1. The lowest BCUT2D eigenvalue weighted by atomic mass is 10.0. The molecule has 0 radical (unpaired) electrons. The second-order valence-electron chi connectivity index (χ2n) is 5.51. The maximum absolute atomic E-state index is 12.5. The van der Waals surface area contributed by atoms with Crippen LogP contribution in [0.4, 0.5) is 5.00 Å². The van der Waals surface area contributed by atoms with Crippen LogP contribution < -0.4 is 5.32 Å². The van der Waals surface area contributed by atoms with Crippen LogP contribution in [0.3, 0.4) is 0 Å². The smallest absolute Gasteiger partial charge is 0.341 e. The van der Waals surface area contributed by atoms with E-state index in [-0.39, 0.29) is 0 Å². The van der Waals surface area contributed by atoms with Gasteiger partial charge in [0.05, 0.1) is 7.11 Å². The number of hydrogen-bond acceptors (Lipinski definition) is 4. The molecule has 0 saturated carbocycles. The van der Waals surface area contributed by atoms with Crippen LogP contribution in [0.25, 0.3) is 11.1 Å². The molecule has 26 heavy (non-hydrogen) atoms. The monoisotopic (exact) mass is 386 g/mol. The van der Waals surface area contributed by atoms with Gasteiger partial charge in [-0.25, -0.2) is 4.79 Å². The highest BCUT2D eigenvalue weighted by atomic mass is 32.1. The lowest BCUT2D eigenvalue weighted by Crippen LogP contribution is -2.35. The van der Waals surface area contributed by atoms with Crippen molar-refractivity contribution in [2.75, 3.05) is 25.5 Å². The topological polar surface area (TPSA) is 41.6 Å². The minimum Gasteiger partial charge on any atom is -0.465 e. The molecule has 4 nitrogen and oxygen atoms in total. The number of rotatable bonds is 7. The van der Waals surface area contributed by atoms with Crippen LogP contribution in [0.15, 0.2) is 55.6 Å². The summed E-state index contributed by atoms with van der Waals surface area (Å²) in [6, 6.07) is 9.79. The molecule has 1 aromatic carbocycles. The summed E-state index contributed by atoms with van der Waals surface area (Å²) in [4.78, 5) is 15.4. The van der Waals surface area contributed by atoms with E-state index in [1.54, 1.807) is 12.2 Å². The fourth-order valence-electron chi connectivity index (χ4n) is 2.61. The van der Waals surface area contributed by atoms with Crippen molar-refractivity contribution in [1.82, 2.24) is 4.90 Å². The Bertz CT molecular complexity index is 803. The number of anilines is 1. The number of hydrogen-bond donors (Lipinski definition) is 1. The van der Waals surface area contributed by atoms with Crippen LogP contribution in [-0.2, 0) is 4.74 Å². The van der Waals surface area contributed by atoms with Gasteiger partial charge in [-0.1, -0.05) is 42.5 Å². The maximum atomic E-state index is 12.5. The third-order valence-corrected chi connectivity index (χ3v) is 5.12. The molecular formula is C20H22N2O2S2. The highest BCUT2D eigenvalue weighted by molar-refractivity contribution is 7.80. The van der Waals surface area contributed by atoms with Gasteiger partial charge in [0.25, 0.3) is 0 Å². The standard InChI is InChI=1S/C20H22N2O2S2/c1-5-12-22(13-6-2)20(25)21-18-17(19(23)24-4)16(14(3)26-18)15-10-8-7-9-11-15/h5-11H,1-2,12-13H2,3-4H3,(H,21,25). The van der Waals surface area contributed by atoms with Crippen molar-refractivity contribution in [3.8, 4) is 11.1 Å². The first-order valence-corrected chi connectivity index (χ1v) is 9.30. The highest BCUT2D eigenvalue weighted by Gasteiger charge is 2.25. The zero-order chi connectivity index (χ0) is 19.1. The lowest BCUT2D eigenvalue weighted by molar-refractivity contribution is 0.0603. The van der Waals surface area contributed by atoms with E-state index in [2.05, 4.69) is 18.5 Å². The zero-order valence-electron chi connectivity index (χ0n) is 15.0. The Balaban J connectivity index is 2.46. The molecule has 0 aliphatic rings. The first-order valence-electron chi connectivity index (χ1n) is 8.08. The first-order chi connectivity index (χ1) is 12.5. The van der Waals surface area contributed by atoms with Crippen LogP contribution in [0.2, 0.25) is 0 Å². The minimum absolute atomic E-state index is 0.391. The summed E-state index contributed by atoms with van der Waals surface area (Å²) in [6.45, 7) is 10.7. The number of thiocarbonyl (C=S) groups is 1.